The van der Waals surface area contributed by atoms with Gasteiger partial charge in [-0.3, -0.25) is 4.79 Å². The van der Waals surface area contributed by atoms with Crippen LogP contribution < -0.4 is 5.32 Å². The van der Waals surface area contributed by atoms with Crippen molar-refractivity contribution in [1.82, 2.24) is 9.97 Å². The summed E-state index contributed by atoms with van der Waals surface area (Å²) in [5.74, 6) is -0.370. The van der Waals surface area contributed by atoms with Crippen LogP contribution >= 0.6 is 11.6 Å². The molecular weight excluding hydrogens is 314 g/mol. The van der Waals surface area contributed by atoms with Crippen molar-refractivity contribution in [2.24, 2.45) is 0 Å². The molecule has 0 aliphatic rings. The summed E-state index contributed by atoms with van der Waals surface area (Å²) < 4.78 is 0. The van der Waals surface area contributed by atoms with E-state index in [1.165, 1.54) is 0 Å². The summed E-state index contributed by atoms with van der Waals surface area (Å²) in [5, 5.41) is 13.0. The molecular formula is C17H16ClN3O2. The summed E-state index contributed by atoms with van der Waals surface area (Å²) >= 11 is 5.89. The number of hydrogen-bond acceptors (Lipinski definition) is 3. The van der Waals surface area contributed by atoms with Crippen LogP contribution in [0.25, 0.3) is 11.0 Å². The largest absolute Gasteiger partial charge is 0.481 e. The van der Waals surface area contributed by atoms with Gasteiger partial charge in [-0.1, -0.05) is 35.9 Å². The molecule has 0 radical (unpaired) electrons. The summed E-state index contributed by atoms with van der Waals surface area (Å²) in [7, 11) is 0. The lowest BCUT2D eigenvalue weighted by Gasteiger charge is -2.16. The highest BCUT2D eigenvalue weighted by Gasteiger charge is 2.16. The second-order valence-corrected chi connectivity index (χ2v) is 5.77. The number of halogens is 1. The number of nitrogens with zero attached hydrogens (tertiary/aromatic N) is 1. The standard InChI is InChI=1S/C17H16ClN3O2/c18-13-7-5-11(6-8-13)12(9-16(22)23)10-19-17-20-14-3-1-2-4-15(14)21-17/h1-8,12H,9-10H2,(H,22,23)(H2,19,20,21). The van der Waals surface area contributed by atoms with Crippen LogP contribution in [0.2, 0.25) is 5.02 Å². The molecule has 1 aromatic heterocycles. The molecule has 118 valence electrons. The van der Waals surface area contributed by atoms with Gasteiger partial charge in [0.25, 0.3) is 0 Å². The molecule has 3 aromatic rings. The normalized spacial score (nSPS) is 12.2. The average molecular weight is 330 g/mol. The SMILES string of the molecule is O=C(O)CC(CNc1nc2ccccc2[nH]1)c1ccc(Cl)cc1. The number of rotatable bonds is 6. The lowest BCUT2D eigenvalue weighted by atomic mass is 9.96. The molecule has 23 heavy (non-hydrogen) atoms. The van der Waals surface area contributed by atoms with Crippen LogP contribution in [-0.4, -0.2) is 27.6 Å². The number of imidazole rings is 1. The molecule has 0 aliphatic heterocycles. The number of carboxylic acids is 1. The first-order valence-electron chi connectivity index (χ1n) is 7.27. The number of aliphatic carboxylic acids is 1. The Labute approximate surface area is 138 Å². The second-order valence-electron chi connectivity index (χ2n) is 5.33. The minimum atomic E-state index is -0.837. The number of anilines is 1. The lowest BCUT2D eigenvalue weighted by Crippen LogP contribution is -2.17. The molecule has 2 aromatic carbocycles. The van der Waals surface area contributed by atoms with Crippen molar-refractivity contribution in [3.63, 3.8) is 0 Å². The minimum absolute atomic E-state index is 0.0366. The number of H-pyrrole nitrogens is 1. The highest BCUT2D eigenvalue weighted by atomic mass is 35.5. The van der Waals surface area contributed by atoms with Gasteiger partial charge in [0.15, 0.2) is 0 Å². The molecule has 6 heteroatoms. The molecule has 0 amide bonds. The van der Waals surface area contributed by atoms with Crippen molar-refractivity contribution in [2.45, 2.75) is 12.3 Å². The summed E-state index contributed by atoms with van der Waals surface area (Å²) in [6, 6.07) is 15.0. The maximum atomic E-state index is 11.1. The molecule has 1 heterocycles. The first kappa shape index (κ1) is 15.4. The van der Waals surface area contributed by atoms with Crippen LogP contribution in [0.1, 0.15) is 17.9 Å². The van der Waals surface area contributed by atoms with Crippen LogP contribution in [0.3, 0.4) is 0 Å². The zero-order valence-corrected chi connectivity index (χ0v) is 13.0. The maximum absolute atomic E-state index is 11.1. The molecule has 0 saturated heterocycles. The summed E-state index contributed by atoms with van der Waals surface area (Å²) in [5.41, 5.74) is 2.74. The van der Waals surface area contributed by atoms with Crippen LogP contribution in [-0.2, 0) is 4.79 Å². The van der Waals surface area contributed by atoms with Gasteiger partial charge in [-0.15, -0.1) is 0 Å². The number of hydrogen-bond donors (Lipinski definition) is 3. The van der Waals surface area contributed by atoms with Crippen molar-refractivity contribution in [1.29, 1.82) is 0 Å². The molecule has 0 spiro atoms. The first-order valence-corrected chi connectivity index (χ1v) is 7.65. The Morgan fingerprint density at radius 2 is 1.96 bits per heavy atom. The van der Waals surface area contributed by atoms with E-state index in [9.17, 15) is 4.79 Å². The number of aromatic amines is 1. The number of aromatic nitrogens is 2. The fourth-order valence-electron chi connectivity index (χ4n) is 2.51. The van der Waals surface area contributed by atoms with E-state index in [1.54, 1.807) is 12.1 Å². The third-order valence-corrected chi connectivity index (χ3v) is 3.92. The highest BCUT2D eigenvalue weighted by Crippen LogP contribution is 2.23. The molecule has 1 atom stereocenters. The summed E-state index contributed by atoms with van der Waals surface area (Å²) in [4.78, 5) is 18.7. The molecule has 5 nitrogen and oxygen atoms in total. The van der Waals surface area contributed by atoms with Gasteiger partial charge in [0, 0.05) is 17.5 Å². The van der Waals surface area contributed by atoms with Crippen molar-refractivity contribution in [2.75, 3.05) is 11.9 Å². The molecule has 0 bridgehead atoms. The van der Waals surface area contributed by atoms with Crippen molar-refractivity contribution < 1.29 is 9.90 Å². The minimum Gasteiger partial charge on any atom is -0.481 e. The predicted octanol–water partition coefficient (Wildman–Crippen LogP) is 3.89. The Morgan fingerprint density at radius 1 is 1.22 bits per heavy atom. The van der Waals surface area contributed by atoms with E-state index in [0.29, 0.717) is 17.5 Å². The Morgan fingerprint density at radius 3 is 2.65 bits per heavy atom. The van der Waals surface area contributed by atoms with Gasteiger partial charge in [0.1, 0.15) is 0 Å². The second kappa shape index (κ2) is 6.71. The maximum Gasteiger partial charge on any atom is 0.304 e. The van der Waals surface area contributed by atoms with Gasteiger partial charge in [-0.05, 0) is 29.8 Å². The zero-order chi connectivity index (χ0) is 16.2. The van der Waals surface area contributed by atoms with Gasteiger partial charge in [-0.25, -0.2) is 4.98 Å². The van der Waals surface area contributed by atoms with Crippen molar-refractivity contribution in [3.05, 3.63) is 59.1 Å². The van der Waals surface area contributed by atoms with E-state index in [1.807, 2.05) is 36.4 Å². The molecule has 3 N–H and O–H groups in total. The van der Waals surface area contributed by atoms with E-state index in [2.05, 4.69) is 15.3 Å². The van der Waals surface area contributed by atoms with Gasteiger partial charge in [0.05, 0.1) is 17.5 Å². The molecule has 0 aliphatic carbocycles. The third-order valence-electron chi connectivity index (χ3n) is 3.67. The van der Waals surface area contributed by atoms with Gasteiger partial charge in [0.2, 0.25) is 5.95 Å². The smallest absolute Gasteiger partial charge is 0.304 e. The molecule has 3 rings (SSSR count). The van der Waals surface area contributed by atoms with Crippen LogP contribution in [0.4, 0.5) is 5.95 Å². The van der Waals surface area contributed by atoms with Gasteiger partial charge >= 0.3 is 5.97 Å². The zero-order valence-electron chi connectivity index (χ0n) is 12.3. The number of para-hydroxylation sites is 2. The van der Waals surface area contributed by atoms with Crippen LogP contribution in [0.5, 0.6) is 0 Å². The predicted molar refractivity (Wildman–Crippen MR) is 91.0 cm³/mol. The average Bonchev–Trinajstić information content (AvgIpc) is 2.95. The number of carbonyl (C=O) groups is 1. The first-order chi connectivity index (χ1) is 11.1. The molecule has 0 saturated carbocycles. The quantitative estimate of drug-likeness (QED) is 0.641. The topological polar surface area (TPSA) is 78.0 Å². The fourth-order valence-corrected chi connectivity index (χ4v) is 2.64. The van der Waals surface area contributed by atoms with E-state index in [4.69, 9.17) is 16.7 Å². The summed E-state index contributed by atoms with van der Waals surface area (Å²) in [6.45, 7) is 0.466. The fraction of sp³-hybridized carbons (Fsp3) is 0.176. The lowest BCUT2D eigenvalue weighted by molar-refractivity contribution is -0.137. The summed E-state index contributed by atoms with van der Waals surface area (Å²) in [6.07, 6.45) is 0.0366. The monoisotopic (exact) mass is 329 g/mol. The highest BCUT2D eigenvalue weighted by molar-refractivity contribution is 6.30. The number of carboxylic acid groups (broad SMARTS) is 1. The van der Waals surface area contributed by atoms with Crippen LogP contribution in [0, 0.1) is 0 Å². The molecule has 0 fully saturated rings. The van der Waals surface area contributed by atoms with Gasteiger partial charge < -0.3 is 15.4 Å². The third kappa shape index (κ3) is 3.81. The van der Waals surface area contributed by atoms with Gasteiger partial charge in [-0.2, -0.15) is 0 Å². The Bertz CT molecular complexity index is 781. The van der Waals surface area contributed by atoms with Crippen molar-refractivity contribution in [3.8, 4) is 0 Å². The number of nitrogens with one attached hydrogen (secondary N) is 2. The Kier molecular flexibility index (Phi) is 4.48. The van der Waals surface area contributed by atoms with Crippen molar-refractivity contribution >= 4 is 34.6 Å². The van der Waals surface area contributed by atoms with E-state index in [0.717, 1.165) is 16.6 Å². The van der Waals surface area contributed by atoms with Crippen LogP contribution in [0.15, 0.2) is 48.5 Å². The number of benzene rings is 2. The Hall–Kier alpha value is -2.53. The molecule has 1 unspecified atom stereocenters. The van der Waals surface area contributed by atoms with E-state index in [-0.39, 0.29) is 12.3 Å². The number of fused-ring (bicyclic) bond motifs is 1. The Balaban J connectivity index is 1.75. The van der Waals surface area contributed by atoms with E-state index >= 15 is 0 Å². The van der Waals surface area contributed by atoms with E-state index < -0.39 is 5.97 Å².